The van der Waals surface area contributed by atoms with Crippen LogP contribution in [0.1, 0.15) is 37.7 Å². The topological polar surface area (TPSA) is 29.9 Å². The maximum atomic E-state index is 5.90. The van der Waals surface area contributed by atoms with Crippen LogP contribution in [0.5, 0.6) is 0 Å². The maximum absolute atomic E-state index is 5.90. The summed E-state index contributed by atoms with van der Waals surface area (Å²) in [6.45, 7) is 6.12. The number of benzene rings is 1. The third-order valence-electron chi connectivity index (χ3n) is 3.20. The Bertz CT molecular complexity index is 504. The fraction of sp³-hybridized carbons (Fsp3) is 0.400. The smallest absolute Gasteiger partial charge is 0.122 e. The predicted molar refractivity (Wildman–Crippen MR) is 79.2 cm³/mol. The summed E-state index contributed by atoms with van der Waals surface area (Å²) in [4.78, 5) is 4.39. The Morgan fingerprint density at radius 3 is 2.74 bits per heavy atom. The van der Waals surface area contributed by atoms with Crippen LogP contribution in [0.25, 0.3) is 0 Å². The van der Waals surface area contributed by atoms with Gasteiger partial charge in [-0.3, -0.25) is 0 Å². The van der Waals surface area contributed by atoms with Gasteiger partial charge in [-0.05, 0) is 31.0 Å². The maximum Gasteiger partial charge on any atom is 0.122 e. The lowest BCUT2D eigenvalue weighted by Gasteiger charge is -2.15. The van der Waals surface area contributed by atoms with Gasteiger partial charge in [0.15, 0.2) is 0 Å². The second-order valence-electron chi connectivity index (χ2n) is 4.69. The average molecular weight is 278 g/mol. The minimum Gasteiger partial charge on any atom is -0.334 e. The molecule has 0 aliphatic carbocycles. The normalized spacial score (nSPS) is 12.6. The Hall–Kier alpha value is -1.32. The Labute approximate surface area is 119 Å². The van der Waals surface area contributed by atoms with Crippen molar-refractivity contribution in [1.82, 2.24) is 14.9 Å². The van der Waals surface area contributed by atoms with Crippen molar-refractivity contribution in [2.24, 2.45) is 0 Å². The van der Waals surface area contributed by atoms with E-state index in [1.807, 2.05) is 24.5 Å². The zero-order valence-corrected chi connectivity index (χ0v) is 12.2. The van der Waals surface area contributed by atoms with Gasteiger partial charge in [0.2, 0.25) is 0 Å². The van der Waals surface area contributed by atoms with Crippen LogP contribution >= 0.6 is 11.6 Å². The molecule has 1 N–H and O–H groups in total. The van der Waals surface area contributed by atoms with Crippen molar-refractivity contribution in [3.63, 3.8) is 0 Å². The van der Waals surface area contributed by atoms with E-state index in [1.54, 1.807) is 0 Å². The summed E-state index contributed by atoms with van der Waals surface area (Å²) in [5.41, 5.74) is 1.23. The van der Waals surface area contributed by atoms with E-state index >= 15 is 0 Å². The fourth-order valence-corrected chi connectivity index (χ4v) is 2.19. The first-order valence-corrected chi connectivity index (χ1v) is 7.07. The number of hydrogen-bond acceptors (Lipinski definition) is 2. The van der Waals surface area contributed by atoms with Crippen molar-refractivity contribution in [1.29, 1.82) is 0 Å². The minimum atomic E-state index is 0.282. The zero-order chi connectivity index (χ0) is 13.7. The van der Waals surface area contributed by atoms with E-state index in [1.165, 1.54) is 5.56 Å². The summed E-state index contributed by atoms with van der Waals surface area (Å²) >= 11 is 5.90. The quantitative estimate of drug-likeness (QED) is 0.870. The van der Waals surface area contributed by atoms with Crippen LogP contribution < -0.4 is 5.32 Å². The van der Waals surface area contributed by atoms with Gasteiger partial charge in [0.1, 0.15) is 5.82 Å². The van der Waals surface area contributed by atoms with Crippen LogP contribution in [0.4, 0.5) is 0 Å². The van der Waals surface area contributed by atoms with Crippen LogP contribution in [0, 0.1) is 0 Å². The Kier molecular flexibility index (Phi) is 5.00. The number of hydrogen-bond donors (Lipinski definition) is 1. The van der Waals surface area contributed by atoms with Crippen LogP contribution in [-0.2, 0) is 13.1 Å². The largest absolute Gasteiger partial charge is 0.334 e. The van der Waals surface area contributed by atoms with Crippen LogP contribution in [0.15, 0.2) is 36.7 Å². The molecule has 1 unspecified atom stereocenters. The number of aromatic nitrogens is 2. The van der Waals surface area contributed by atoms with Gasteiger partial charge in [0, 0.05) is 30.0 Å². The highest BCUT2D eigenvalue weighted by molar-refractivity contribution is 6.30. The summed E-state index contributed by atoms with van der Waals surface area (Å²) in [7, 11) is 0. The molecule has 3 nitrogen and oxygen atoms in total. The lowest BCUT2D eigenvalue weighted by Crippen LogP contribution is -2.20. The molecule has 1 aromatic heterocycles. The van der Waals surface area contributed by atoms with E-state index in [2.05, 4.69) is 40.8 Å². The summed E-state index contributed by atoms with van der Waals surface area (Å²) in [5.74, 6) is 1.09. The van der Waals surface area contributed by atoms with E-state index in [9.17, 15) is 0 Å². The molecule has 0 fully saturated rings. The van der Waals surface area contributed by atoms with Gasteiger partial charge in [0.05, 0.1) is 6.54 Å². The van der Waals surface area contributed by atoms with Crippen molar-refractivity contribution in [2.45, 2.75) is 39.4 Å². The molecule has 1 heterocycles. The number of imidazole rings is 1. The number of rotatable bonds is 6. The zero-order valence-electron chi connectivity index (χ0n) is 11.4. The highest BCUT2D eigenvalue weighted by Crippen LogP contribution is 2.16. The molecule has 0 aliphatic heterocycles. The number of nitrogens with zero attached hydrogens (tertiary/aromatic N) is 2. The standard InChI is InChI=1S/C15H20ClN3/c1-3-9-19-10-8-17-15(19)11-18-12(2)13-4-6-14(16)7-5-13/h4-8,10,12,18H,3,9,11H2,1-2H3. The molecule has 4 heteroatoms. The molecular weight excluding hydrogens is 258 g/mol. The molecular formula is C15H20ClN3. The van der Waals surface area contributed by atoms with Crippen LogP contribution in [0.2, 0.25) is 5.02 Å². The van der Waals surface area contributed by atoms with Crippen molar-refractivity contribution in [2.75, 3.05) is 0 Å². The Balaban J connectivity index is 1.94. The van der Waals surface area contributed by atoms with Crippen molar-refractivity contribution in [3.8, 4) is 0 Å². The highest BCUT2D eigenvalue weighted by Gasteiger charge is 2.07. The van der Waals surface area contributed by atoms with E-state index in [-0.39, 0.29) is 6.04 Å². The van der Waals surface area contributed by atoms with Crippen LogP contribution in [-0.4, -0.2) is 9.55 Å². The molecule has 2 aromatic rings. The number of nitrogens with one attached hydrogen (secondary N) is 1. The fourth-order valence-electron chi connectivity index (χ4n) is 2.07. The molecule has 0 bridgehead atoms. The summed E-state index contributed by atoms with van der Waals surface area (Å²) < 4.78 is 2.20. The monoisotopic (exact) mass is 277 g/mol. The van der Waals surface area contributed by atoms with Gasteiger partial charge in [-0.2, -0.15) is 0 Å². The van der Waals surface area contributed by atoms with Gasteiger partial charge in [-0.15, -0.1) is 0 Å². The van der Waals surface area contributed by atoms with Gasteiger partial charge >= 0.3 is 0 Å². The summed E-state index contributed by atoms with van der Waals surface area (Å²) in [5, 5.41) is 4.27. The molecule has 0 spiro atoms. The van der Waals surface area contributed by atoms with Gasteiger partial charge in [0.25, 0.3) is 0 Å². The SMILES string of the molecule is CCCn1ccnc1CNC(C)c1ccc(Cl)cc1. The van der Waals surface area contributed by atoms with E-state index in [0.29, 0.717) is 0 Å². The van der Waals surface area contributed by atoms with E-state index < -0.39 is 0 Å². The number of halogens is 1. The molecule has 19 heavy (non-hydrogen) atoms. The second kappa shape index (κ2) is 6.73. The van der Waals surface area contributed by atoms with Crippen molar-refractivity contribution < 1.29 is 0 Å². The molecule has 0 aliphatic rings. The molecule has 102 valence electrons. The summed E-state index contributed by atoms with van der Waals surface area (Å²) in [6, 6.07) is 8.24. The lowest BCUT2D eigenvalue weighted by atomic mass is 10.1. The first-order chi connectivity index (χ1) is 9.20. The molecule has 0 radical (unpaired) electrons. The molecule has 0 amide bonds. The van der Waals surface area contributed by atoms with Crippen molar-refractivity contribution in [3.05, 3.63) is 53.1 Å². The van der Waals surface area contributed by atoms with Gasteiger partial charge in [-0.1, -0.05) is 30.7 Å². The summed E-state index contributed by atoms with van der Waals surface area (Å²) in [6.07, 6.45) is 5.02. The molecule has 0 saturated heterocycles. The Morgan fingerprint density at radius 2 is 2.05 bits per heavy atom. The Morgan fingerprint density at radius 1 is 1.32 bits per heavy atom. The number of aryl methyl sites for hydroxylation is 1. The van der Waals surface area contributed by atoms with E-state index in [0.717, 1.165) is 30.4 Å². The first-order valence-electron chi connectivity index (χ1n) is 6.69. The third-order valence-corrected chi connectivity index (χ3v) is 3.45. The molecule has 2 rings (SSSR count). The minimum absolute atomic E-state index is 0.282. The van der Waals surface area contributed by atoms with Gasteiger partial charge < -0.3 is 9.88 Å². The first kappa shape index (κ1) is 14.1. The third kappa shape index (κ3) is 3.82. The molecule has 1 aromatic carbocycles. The lowest BCUT2D eigenvalue weighted by molar-refractivity contribution is 0.532. The van der Waals surface area contributed by atoms with Gasteiger partial charge in [-0.25, -0.2) is 4.98 Å². The predicted octanol–water partition coefficient (Wildman–Crippen LogP) is 3.80. The molecule has 1 atom stereocenters. The molecule has 0 saturated carbocycles. The highest BCUT2D eigenvalue weighted by atomic mass is 35.5. The second-order valence-corrected chi connectivity index (χ2v) is 5.13. The average Bonchev–Trinajstić information content (AvgIpc) is 2.85. The van der Waals surface area contributed by atoms with Crippen molar-refractivity contribution >= 4 is 11.6 Å². The van der Waals surface area contributed by atoms with Crippen LogP contribution in [0.3, 0.4) is 0 Å². The van der Waals surface area contributed by atoms with E-state index in [4.69, 9.17) is 11.6 Å².